The number of unbranched alkanes of at least 4 members (excludes halogenated alkanes) is 41. The minimum Gasteiger partial charge on any atom is -0.545 e. The summed E-state index contributed by atoms with van der Waals surface area (Å²) in [5.41, 5.74) is 0. The Kier molecular flexibility index (Phi) is 55.2. The van der Waals surface area contributed by atoms with E-state index in [1.54, 1.807) is 0 Å². The Balaban J connectivity index is 3.86. The van der Waals surface area contributed by atoms with E-state index in [0.29, 0.717) is 17.4 Å². The number of esters is 2. The van der Waals surface area contributed by atoms with Crippen LogP contribution in [0.4, 0.5) is 0 Å². The Hall–Kier alpha value is -2.23. The molecule has 0 aromatic rings. The summed E-state index contributed by atoms with van der Waals surface area (Å²) in [6.45, 7) is 4.76. The molecule has 0 aromatic carbocycles. The van der Waals surface area contributed by atoms with Crippen molar-refractivity contribution in [3.8, 4) is 0 Å². The van der Waals surface area contributed by atoms with E-state index in [9.17, 15) is 19.5 Å². The van der Waals surface area contributed by atoms with Gasteiger partial charge in [-0.25, -0.2) is 0 Å². The first-order valence-corrected chi connectivity index (χ1v) is 32.0. The second-order valence-electron chi connectivity index (χ2n) is 23.1. The van der Waals surface area contributed by atoms with Crippen molar-refractivity contribution < 1.29 is 42.9 Å². The first-order chi connectivity index (χ1) is 36.1. The predicted molar refractivity (Wildman–Crippen MR) is 311 cm³/mol. The normalized spacial score (nSPS) is 12.8. The van der Waals surface area contributed by atoms with Gasteiger partial charge in [0.05, 0.1) is 40.3 Å². The molecule has 0 saturated carbocycles. The number of quaternary nitrogens is 1. The molecule has 2 atom stereocenters. The first kappa shape index (κ1) is 71.8. The Morgan fingerprint density at radius 3 is 1.07 bits per heavy atom. The third-order valence-corrected chi connectivity index (χ3v) is 14.5. The number of allylic oxidation sites excluding steroid dienone is 4. The molecule has 0 heterocycles. The van der Waals surface area contributed by atoms with Gasteiger partial charge in [-0.2, -0.15) is 0 Å². The van der Waals surface area contributed by atoms with E-state index in [2.05, 4.69) is 38.2 Å². The highest BCUT2D eigenvalue weighted by atomic mass is 16.7. The van der Waals surface area contributed by atoms with Crippen molar-refractivity contribution in [1.82, 2.24) is 0 Å². The van der Waals surface area contributed by atoms with E-state index in [1.165, 1.54) is 244 Å². The van der Waals surface area contributed by atoms with Crippen molar-refractivity contribution >= 4 is 17.9 Å². The number of rotatable bonds is 60. The van der Waals surface area contributed by atoms with E-state index < -0.39 is 24.3 Å². The number of hydrogen-bond donors (Lipinski definition) is 0. The van der Waals surface area contributed by atoms with E-state index in [0.717, 1.165) is 44.9 Å². The monoisotopic (exact) mass is 1050 g/mol. The molecule has 0 bridgehead atoms. The molecule has 74 heavy (non-hydrogen) atoms. The van der Waals surface area contributed by atoms with Crippen LogP contribution in [0.25, 0.3) is 0 Å². The van der Waals surface area contributed by atoms with E-state index in [-0.39, 0.29) is 32.2 Å². The van der Waals surface area contributed by atoms with Crippen molar-refractivity contribution in [1.29, 1.82) is 0 Å². The quantitative estimate of drug-likeness (QED) is 0.0195. The lowest BCUT2D eigenvalue weighted by Crippen LogP contribution is -2.44. The van der Waals surface area contributed by atoms with Crippen molar-refractivity contribution in [2.75, 3.05) is 47.5 Å². The van der Waals surface area contributed by atoms with E-state index in [4.69, 9.17) is 18.9 Å². The summed E-state index contributed by atoms with van der Waals surface area (Å²) in [5, 5.41) is 11.7. The van der Waals surface area contributed by atoms with Crippen molar-refractivity contribution in [3.05, 3.63) is 24.3 Å². The molecule has 436 valence electrons. The van der Waals surface area contributed by atoms with Crippen LogP contribution in [0.1, 0.15) is 316 Å². The van der Waals surface area contributed by atoms with E-state index in [1.807, 2.05) is 21.1 Å². The fourth-order valence-electron chi connectivity index (χ4n) is 9.51. The van der Waals surface area contributed by atoms with Crippen LogP contribution in [0.2, 0.25) is 0 Å². The van der Waals surface area contributed by atoms with Gasteiger partial charge in [-0.15, -0.1) is 0 Å². The molecule has 9 heteroatoms. The molecule has 0 aromatic heterocycles. The van der Waals surface area contributed by atoms with Gasteiger partial charge in [-0.3, -0.25) is 9.59 Å². The topological polar surface area (TPSA) is 111 Å². The molecular formula is C65H123NO8. The van der Waals surface area contributed by atoms with Crippen LogP contribution in [0.15, 0.2) is 24.3 Å². The molecule has 0 saturated heterocycles. The number of likely N-dealkylation sites (N-methyl/N-ethyl adjacent to an activating group) is 1. The lowest BCUT2D eigenvalue weighted by molar-refractivity contribution is -0.870. The molecule has 0 radical (unpaired) electrons. The van der Waals surface area contributed by atoms with Crippen LogP contribution in [0.3, 0.4) is 0 Å². The molecule has 0 aliphatic heterocycles. The van der Waals surface area contributed by atoms with Crippen LogP contribution in [-0.4, -0.2) is 82.3 Å². The number of carboxylic acid groups (broad SMARTS) is 1. The molecule has 2 unspecified atom stereocenters. The summed E-state index contributed by atoms with van der Waals surface area (Å²) in [7, 11) is 5.93. The van der Waals surface area contributed by atoms with Crippen LogP contribution >= 0.6 is 0 Å². The lowest BCUT2D eigenvalue weighted by Gasteiger charge is -2.26. The average Bonchev–Trinajstić information content (AvgIpc) is 3.37. The number of carbonyl (C=O) groups excluding carboxylic acids is 3. The Morgan fingerprint density at radius 2 is 0.730 bits per heavy atom. The van der Waals surface area contributed by atoms with E-state index >= 15 is 0 Å². The minimum absolute atomic E-state index is 0.152. The predicted octanol–water partition coefficient (Wildman–Crippen LogP) is 17.7. The zero-order chi connectivity index (χ0) is 54.1. The number of aliphatic carboxylic acids is 1. The first-order valence-electron chi connectivity index (χ1n) is 32.0. The number of hydrogen-bond acceptors (Lipinski definition) is 8. The molecule has 0 amide bonds. The Morgan fingerprint density at radius 1 is 0.405 bits per heavy atom. The zero-order valence-electron chi connectivity index (χ0n) is 49.7. The fourth-order valence-corrected chi connectivity index (χ4v) is 9.51. The Bertz CT molecular complexity index is 1260. The average molecular weight is 1050 g/mol. The van der Waals surface area contributed by atoms with Gasteiger partial charge >= 0.3 is 11.9 Å². The maximum Gasteiger partial charge on any atom is 0.306 e. The molecule has 0 N–H and O–H groups in total. The summed E-state index contributed by atoms with van der Waals surface area (Å²) in [6.07, 6.45) is 65.7. The zero-order valence-corrected chi connectivity index (χ0v) is 49.7. The highest BCUT2D eigenvalue weighted by molar-refractivity contribution is 5.70. The molecule has 9 nitrogen and oxygen atoms in total. The van der Waals surface area contributed by atoms with Gasteiger partial charge in [0.15, 0.2) is 12.4 Å². The van der Waals surface area contributed by atoms with Gasteiger partial charge in [0.2, 0.25) is 0 Å². The fraction of sp³-hybridized carbons (Fsp3) is 0.892. The van der Waals surface area contributed by atoms with Crippen LogP contribution in [-0.2, 0) is 33.3 Å². The van der Waals surface area contributed by atoms with Gasteiger partial charge < -0.3 is 33.3 Å². The summed E-state index contributed by atoms with van der Waals surface area (Å²) < 4.78 is 22.7. The van der Waals surface area contributed by atoms with Crippen molar-refractivity contribution in [2.45, 2.75) is 328 Å². The largest absolute Gasteiger partial charge is 0.545 e. The van der Waals surface area contributed by atoms with Gasteiger partial charge in [0, 0.05) is 12.8 Å². The summed E-state index contributed by atoms with van der Waals surface area (Å²) in [6, 6.07) is 0. The third-order valence-electron chi connectivity index (χ3n) is 14.5. The van der Waals surface area contributed by atoms with Crippen molar-refractivity contribution in [2.24, 2.45) is 0 Å². The van der Waals surface area contributed by atoms with Gasteiger partial charge in [0.25, 0.3) is 0 Å². The SMILES string of the molecule is CCCCCCC/C=C\C/C=C\CCCCCCCCCCCCCCCCCCCCCCCCCCCCCC(=O)OC(COC(=O)CCCCCCCCCCCC)COC(OCC[N+](C)(C)C)C(=O)[O-]. The maximum atomic E-state index is 12.8. The smallest absolute Gasteiger partial charge is 0.306 e. The molecule has 0 rings (SSSR count). The highest BCUT2D eigenvalue weighted by Crippen LogP contribution is 2.18. The van der Waals surface area contributed by atoms with Gasteiger partial charge in [-0.05, 0) is 44.9 Å². The minimum atomic E-state index is -1.61. The molecule has 0 aliphatic rings. The maximum absolute atomic E-state index is 12.8. The molecule has 0 spiro atoms. The number of carbonyl (C=O) groups is 3. The van der Waals surface area contributed by atoms with Crippen molar-refractivity contribution in [3.63, 3.8) is 0 Å². The number of ether oxygens (including phenoxy) is 4. The number of carboxylic acids is 1. The highest BCUT2D eigenvalue weighted by Gasteiger charge is 2.22. The van der Waals surface area contributed by atoms with Gasteiger partial charge in [0.1, 0.15) is 13.2 Å². The second-order valence-corrected chi connectivity index (χ2v) is 23.1. The Labute approximate surface area is 458 Å². The lowest BCUT2D eigenvalue weighted by atomic mass is 10.0. The summed E-state index contributed by atoms with van der Waals surface area (Å²) in [5.74, 6) is -2.26. The molecular weight excluding hydrogens is 923 g/mol. The number of nitrogens with zero attached hydrogens (tertiary/aromatic N) is 1. The van der Waals surface area contributed by atoms with Crippen LogP contribution in [0, 0.1) is 0 Å². The van der Waals surface area contributed by atoms with Gasteiger partial charge in [-0.1, -0.05) is 282 Å². The van der Waals surface area contributed by atoms with Crippen LogP contribution in [0.5, 0.6) is 0 Å². The van der Waals surface area contributed by atoms with Crippen LogP contribution < -0.4 is 5.11 Å². The third kappa shape index (κ3) is 57.5. The standard InChI is InChI=1S/C65H123NO8/c1-6-8-10-12-14-16-18-19-20-21-22-23-24-25-26-27-28-29-30-31-32-33-34-35-36-37-38-39-40-41-42-43-44-45-46-48-50-52-54-56-63(68)74-61(60-73-65(64(69)70)71-58-57-66(3,4)5)59-72-62(67)55-53-51-49-47-17-15-13-11-9-7-2/h18-19,21-22,61,65H,6-17,20,23-60H2,1-5H3/b19-18-,22-21-. The summed E-state index contributed by atoms with van der Waals surface area (Å²) >= 11 is 0. The molecule has 0 aliphatic carbocycles. The second kappa shape index (κ2) is 57.0. The molecule has 0 fully saturated rings. The summed E-state index contributed by atoms with van der Waals surface area (Å²) in [4.78, 5) is 37.1.